The van der Waals surface area contributed by atoms with Crippen LogP contribution in [0.25, 0.3) is 22.4 Å². The summed E-state index contributed by atoms with van der Waals surface area (Å²) in [6.07, 6.45) is 4.79. The van der Waals surface area contributed by atoms with E-state index in [9.17, 15) is 0 Å². The van der Waals surface area contributed by atoms with E-state index in [0.29, 0.717) is 0 Å². The standard InChI is InChI=1S/C22H21N/c1-16-21(17-10-4-2-5-11-17)19-14-8-9-15-20(19)23-22(16)18-12-6-3-7-13-18/h2-7,10-13H,8-9,14-15H2,1H3. The molecule has 0 atom stereocenters. The summed E-state index contributed by atoms with van der Waals surface area (Å²) in [7, 11) is 0. The molecule has 0 fully saturated rings. The molecule has 0 aliphatic heterocycles. The van der Waals surface area contributed by atoms with E-state index in [0.717, 1.165) is 18.5 Å². The van der Waals surface area contributed by atoms with Crippen LogP contribution in [0, 0.1) is 6.92 Å². The smallest absolute Gasteiger partial charge is 0.0740 e. The van der Waals surface area contributed by atoms with Crippen LogP contribution in [-0.4, -0.2) is 4.98 Å². The monoisotopic (exact) mass is 299 g/mol. The number of hydrogen-bond donors (Lipinski definition) is 0. The normalized spacial score (nSPS) is 13.6. The molecule has 1 aliphatic carbocycles. The Hall–Kier alpha value is -2.41. The van der Waals surface area contributed by atoms with E-state index in [2.05, 4.69) is 67.6 Å². The number of benzene rings is 2. The van der Waals surface area contributed by atoms with Crippen molar-refractivity contribution in [2.75, 3.05) is 0 Å². The van der Waals surface area contributed by atoms with Gasteiger partial charge in [0, 0.05) is 11.3 Å². The van der Waals surface area contributed by atoms with Crippen molar-refractivity contribution in [3.63, 3.8) is 0 Å². The van der Waals surface area contributed by atoms with Gasteiger partial charge in [0.1, 0.15) is 0 Å². The molecule has 0 unspecified atom stereocenters. The van der Waals surface area contributed by atoms with Crippen LogP contribution in [0.1, 0.15) is 29.7 Å². The van der Waals surface area contributed by atoms with E-state index in [4.69, 9.17) is 4.98 Å². The maximum absolute atomic E-state index is 5.07. The van der Waals surface area contributed by atoms with Crippen LogP contribution in [0.2, 0.25) is 0 Å². The Labute approximate surface area is 138 Å². The van der Waals surface area contributed by atoms with Crippen LogP contribution in [0.4, 0.5) is 0 Å². The molecule has 23 heavy (non-hydrogen) atoms. The van der Waals surface area contributed by atoms with Crippen LogP contribution in [0.3, 0.4) is 0 Å². The predicted octanol–water partition coefficient (Wildman–Crippen LogP) is 5.60. The highest BCUT2D eigenvalue weighted by Gasteiger charge is 2.21. The molecule has 114 valence electrons. The van der Waals surface area contributed by atoms with Crippen LogP contribution in [0.15, 0.2) is 60.7 Å². The maximum Gasteiger partial charge on any atom is 0.0740 e. The van der Waals surface area contributed by atoms with E-state index < -0.39 is 0 Å². The molecule has 0 saturated carbocycles. The highest BCUT2D eigenvalue weighted by Crippen LogP contribution is 2.37. The molecular formula is C22H21N. The molecule has 0 saturated heterocycles. The van der Waals surface area contributed by atoms with Gasteiger partial charge >= 0.3 is 0 Å². The van der Waals surface area contributed by atoms with Gasteiger partial charge < -0.3 is 0 Å². The lowest BCUT2D eigenvalue weighted by Gasteiger charge is -2.23. The molecule has 1 aromatic heterocycles. The molecule has 3 aromatic rings. The molecule has 1 aliphatic rings. The van der Waals surface area contributed by atoms with Crippen LogP contribution in [0.5, 0.6) is 0 Å². The fourth-order valence-electron chi connectivity index (χ4n) is 3.72. The zero-order chi connectivity index (χ0) is 15.6. The summed E-state index contributed by atoms with van der Waals surface area (Å²) >= 11 is 0. The number of fused-ring (bicyclic) bond motifs is 1. The van der Waals surface area contributed by atoms with Crippen molar-refractivity contribution in [2.24, 2.45) is 0 Å². The number of nitrogens with zero attached hydrogens (tertiary/aromatic N) is 1. The molecule has 0 radical (unpaired) electrons. The number of pyridine rings is 1. The third kappa shape index (κ3) is 2.57. The summed E-state index contributed by atoms with van der Waals surface area (Å²) in [4.78, 5) is 5.07. The summed E-state index contributed by atoms with van der Waals surface area (Å²) in [6.45, 7) is 2.23. The quantitative estimate of drug-likeness (QED) is 0.600. The Morgan fingerprint density at radius 3 is 2.04 bits per heavy atom. The Balaban J connectivity index is 2.00. The van der Waals surface area contributed by atoms with Gasteiger partial charge in [-0.05, 0) is 54.9 Å². The van der Waals surface area contributed by atoms with Crippen molar-refractivity contribution in [3.05, 3.63) is 77.5 Å². The van der Waals surface area contributed by atoms with E-state index in [1.165, 1.54) is 46.4 Å². The average Bonchev–Trinajstić information content (AvgIpc) is 2.63. The first-order chi connectivity index (χ1) is 11.3. The number of hydrogen-bond acceptors (Lipinski definition) is 1. The summed E-state index contributed by atoms with van der Waals surface area (Å²) in [5.74, 6) is 0. The van der Waals surface area contributed by atoms with Crippen molar-refractivity contribution >= 4 is 0 Å². The highest BCUT2D eigenvalue weighted by molar-refractivity contribution is 5.79. The fraction of sp³-hybridized carbons (Fsp3) is 0.227. The van der Waals surface area contributed by atoms with Gasteiger partial charge in [-0.15, -0.1) is 0 Å². The topological polar surface area (TPSA) is 12.9 Å². The molecule has 4 rings (SSSR count). The van der Waals surface area contributed by atoms with Gasteiger partial charge in [0.2, 0.25) is 0 Å². The van der Waals surface area contributed by atoms with Gasteiger partial charge in [-0.3, -0.25) is 4.98 Å². The third-order valence-electron chi connectivity index (χ3n) is 4.83. The molecule has 0 amide bonds. The van der Waals surface area contributed by atoms with E-state index in [1.54, 1.807) is 0 Å². The molecule has 0 spiro atoms. The van der Waals surface area contributed by atoms with E-state index >= 15 is 0 Å². The SMILES string of the molecule is Cc1c(-c2ccccc2)nc2c(c1-c1ccccc1)CCCC2. The van der Waals surface area contributed by atoms with Crippen molar-refractivity contribution in [1.82, 2.24) is 4.98 Å². The molecule has 1 nitrogen and oxygen atoms in total. The second kappa shape index (κ2) is 6.00. The van der Waals surface area contributed by atoms with Gasteiger partial charge in [-0.25, -0.2) is 0 Å². The lowest BCUT2D eigenvalue weighted by atomic mass is 9.85. The first-order valence-corrected chi connectivity index (χ1v) is 8.48. The van der Waals surface area contributed by atoms with Crippen LogP contribution < -0.4 is 0 Å². The first kappa shape index (κ1) is 14.2. The minimum absolute atomic E-state index is 1.11. The molecule has 0 bridgehead atoms. The summed E-state index contributed by atoms with van der Waals surface area (Å²) in [5, 5.41) is 0. The molecule has 2 aromatic carbocycles. The molecule has 0 N–H and O–H groups in total. The number of rotatable bonds is 2. The largest absolute Gasteiger partial charge is 0.252 e. The Bertz CT molecular complexity index is 820. The predicted molar refractivity (Wildman–Crippen MR) is 96.5 cm³/mol. The van der Waals surface area contributed by atoms with Gasteiger partial charge in [0.15, 0.2) is 0 Å². The minimum Gasteiger partial charge on any atom is -0.252 e. The van der Waals surface area contributed by atoms with Crippen molar-refractivity contribution in [1.29, 1.82) is 0 Å². The summed E-state index contributed by atoms with van der Waals surface area (Å²) in [6, 6.07) is 21.4. The molecule has 1 heteroatoms. The highest BCUT2D eigenvalue weighted by atomic mass is 14.7. The van der Waals surface area contributed by atoms with E-state index in [1.807, 2.05) is 0 Å². The second-order valence-corrected chi connectivity index (χ2v) is 6.32. The Kier molecular flexibility index (Phi) is 3.70. The van der Waals surface area contributed by atoms with E-state index in [-0.39, 0.29) is 0 Å². The zero-order valence-corrected chi connectivity index (χ0v) is 13.5. The van der Waals surface area contributed by atoms with Gasteiger partial charge in [0.05, 0.1) is 5.69 Å². The van der Waals surface area contributed by atoms with Crippen LogP contribution in [-0.2, 0) is 12.8 Å². The number of aryl methyl sites for hydroxylation is 1. The van der Waals surface area contributed by atoms with Crippen LogP contribution >= 0.6 is 0 Å². The summed E-state index contributed by atoms with van der Waals surface area (Å²) < 4.78 is 0. The summed E-state index contributed by atoms with van der Waals surface area (Å²) in [5.41, 5.74) is 9.18. The Morgan fingerprint density at radius 2 is 1.35 bits per heavy atom. The first-order valence-electron chi connectivity index (χ1n) is 8.48. The maximum atomic E-state index is 5.07. The minimum atomic E-state index is 1.11. The average molecular weight is 299 g/mol. The Morgan fingerprint density at radius 1 is 0.739 bits per heavy atom. The van der Waals surface area contributed by atoms with Gasteiger partial charge in [0.25, 0.3) is 0 Å². The van der Waals surface area contributed by atoms with Crippen molar-refractivity contribution in [3.8, 4) is 22.4 Å². The van der Waals surface area contributed by atoms with Gasteiger partial charge in [-0.2, -0.15) is 0 Å². The molecular weight excluding hydrogens is 278 g/mol. The number of aromatic nitrogens is 1. The lowest BCUT2D eigenvalue weighted by Crippen LogP contribution is -2.10. The molecule has 1 heterocycles. The second-order valence-electron chi connectivity index (χ2n) is 6.32. The van der Waals surface area contributed by atoms with Crippen molar-refractivity contribution in [2.45, 2.75) is 32.6 Å². The third-order valence-corrected chi connectivity index (χ3v) is 4.83. The zero-order valence-electron chi connectivity index (χ0n) is 13.5. The van der Waals surface area contributed by atoms with Gasteiger partial charge in [-0.1, -0.05) is 60.7 Å². The fourth-order valence-corrected chi connectivity index (χ4v) is 3.72. The lowest BCUT2D eigenvalue weighted by molar-refractivity contribution is 0.669. The van der Waals surface area contributed by atoms with Crippen molar-refractivity contribution < 1.29 is 0 Å².